The summed E-state index contributed by atoms with van der Waals surface area (Å²) < 4.78 is 4.90. The molecule has 1 aromatic heterocycles. The SMILES string of the molecule is COCCNc1cc(NC#N)nc(C)n1. The van der Waals surface area contributed by atoms with E-state index in [1.54, 1.807) is 20.1 Å². The first-order valence-corrected chi connectivity index (χ1v) is 4.50. The summed E-state index contributed by atoms with van der Waals surface area (Å²) in [6.45, 7) is 3.03. The van der Waals surface area contributed by atoms with Crippen molar-refractivity contribution in [2.45, 2.75) is 6.92 Å². The zero-order chi connectivity index (χ0) is 11.1. The second kappa shape index (κ2) is 5.78. The first-order valence-electron chi connectivity index (χ1n) is 4.50. The molecule has 15 heavy (non-hydrogen) atoms. The summed E-state index contributed by atoms with van der Waals surface area (Å²) in [5.41, 5.74) is 0. The van der Waals surface area contributed by atoms with E-state index >= 15 is 0 Å². The van der Waals surface area contributed by atoms with Gasteiger partial charge in [-0.3, -0.25) is 5.32 Å². The van der Waals surface area contributed by atoms with Crippen LogP contribution in [0.4, 0.5) is 11.6 Å². The van der Waals surface area contributed by atoms with Crippen LogP contribution in [-0.2, 0) is 4.74 Å². The monoisotopic (exact) mass is 207 g/mol. The summed E-state index contributed by atoms with van der Waals surface area (Å²) in [5, 5.41) is 14.0. The Bertz CT molecular complexity index is 360. The lowest BCUT2D eigenvalue weighted by Crippen LogP contribution is -2.10. The molecule has 1 rings (SSSR count). The third kappa shape index (κ3) is 3.79. The zero-order valence-corrected chi connectivity index (χ0v) is 8.74. The molecule has 0 spiro atoms. The Morgan fingerprint density at radius 2 is 2.20 bits per heavy atom. The number of hydrogen-bond donors (Lipinski definition) is 2. The third-order valence-electron chi connectivity index (χ3n) is 1.63. The van der Waals surface area contributed by atoms with Gasteiger partial charge in [-0.05, 0) is 6.92 Å². The lowest BCUT2D eigenvalue weighted by Gasteiger charge is -2.06. The predicted octanol–water partition coefficient (Wildman–Crippen LogP) is 0.736. The van der Waals surface area contributed by atoms with E-state index in [-0.39, 0.29) is 0 Å². The highest BCUT2D eigenvalue weighted by atomic mass is 16.5. The molecule has 0 aliphatic carbocycles. The minimum Gasteiger partial charge on any atom is -0.383 e. The molecule has 6 nitrogen and oxygen atoms in total. The van der Waals surface area contributed by atoms with Gasteiger partial charge in [-0.25, -0.2) is 9.97 Å². The highest BCUT2D eigenvalue weighted by Crippen LogP contribution is 2.09. The average Bonchev–Trinajstić information content (AvgIpc) is 2.18. The summed E-state index contributed by atoms with van der Waals surface area (Å²) in [4.78, 5) is 8.20. The maximum absolute atomic E-state index is 8.45. The molecule has 1 heterocycles. The van der Waals surface area contributed by atoms with Gasteiger partial charge in [0.25, 0.3) is 0 Å². The molecule has 0 atom stereocenters. The number of hydrogen-bond acceptors (Lipinski definition) is 6. The van der Waals surface area contributed by atoms with Gasteiger partial charge in [0.1, 0.15) is 17.5 Å². The minimum atomic E-state index is 0.491. The van der Waals surface area contributed by atoms with Crippen molar-refractivity contribution in [2.24, 2.45) is 0 Å². The van der Waals surface area contributed by atoms with E-state index in [1.807, 2.05) is 6.19 Å². The number of aryl methyl sites for hydroxylation is 1. The Morgan fingerprint density at radius 1 is 1.47 bits per heavy atom. The van der Waals surface area contributed by atoms with Crippen LogP contribution in [0.5, 0.6) is 0 Å². The van der Waals surface area contributed by atoms with Crippen molar-refractivity contribution in [3.8, 4) is 6.19 Å². The first-order chi connectivity index (χ1) is 7.26. The number of methoxy groups -OCH3 is 1. The van der Waals surface area contributed by atoms with Crippen molar-refractivity contribution in [1.82, 2.24) is 9.97 Å². The van der Waals surface area contributed by atoms with Crippen LogP contribution in [0, 0.1) is 18.4 Å². The van der Waals surface area contributed by atoms with Gasteiger partial charge < -0.3 is 10.1 Å². The normalized spacial score (nSPS) is 9.40. The first kappa shape index (κ1) is 11.2. The number of rotatable bonds is 5. The smallest absolute Gasteiger partial charge is 0.182 e. The van der Waals surface area contributed by atoms with E-state index in [0.29, 0.717) is 30.6 Å². The molecular weight excluding hydrogens is 194 g/mol. The van der Waals surface area contributed by atoms with Gasteiger partial charge in [0.05, 0.1) is 6.61 Å². The van der Waals surface area contributed by atoms with E-state index in [1.165, 1.54) is 0 Å². The third-order valence-corrected chi connectivity index (χ3v) is 1.63. The number of aromatic nitrogens is 2. The van der Waals surface area contributed by atoms with Crippen molar-refractivity contribution in [2.75, 3.05) is 30.9 Å². The fourth-order valence-electron chi connectivity index (χ4n) is 1.06. The average molecular weight is 207 g/mol. The van der Waals surface area contributed by atoms with Crippen molar-refractivity contribution in [3.63, 3.8) is 0 Å². The van der Waals surface area contributed by atoms with E-state index < -0.39 is 0 Å². The fraction of sp³-hybridized carbons (Fsp3) is 0.444. The van der Waals surface area contributed by atoms with Crippen LogP contribution in [0.2, 0.25) is 0 Å². The van der Waals surface area contributed by atoms with Crippen molar-refractivity contribution in [3.05, 3.63) is 11.9 Å². The van der Waals surface area contributed by atoms with Crippen molar-refractivity contribution < 1.29 is 4.74 Å². The number of ether oxygens (including phenoxy) is 1. The highest BCUT2D eigenvalue weighted by molar-refractivity contribution is 5.49. The Hall–Kier alpha value is -1.87. The zero-order valence-electron chi connectivity index (χ0n) is 8.74. The van der Waals surface area contributed by atoms with E-state index in [4.69, 9.17) is 10.00 Å². The van der Waals surface area contributed by atoms with Crippen LogP contribution in [-0.4, -0.2) is 30.2 Å². The lowest BCUT2D eigenvalue weighted by molar-refractivity contribution is 0.210. The quantitative estimate of drug-likeness (QED) is 0.421. The summed E-state index contributed by atoms with van der Waals surface area (Å²) in [6, 6.07) is 1.67. The number of nitrogens with zero attached hydrogens (tertiary/aromatic N) is 3. The lowest BCUT2D eigenvalue weighted by atomic mass is 10.5. The van der Waals surface area contributed by atoms with Gasteiger partial charge in [0, 0.05) is 19.7 Å². The molecule has 0 saturated carbocycles. The molecule has 0 radical (unpaired) electrons. The highest BCUT2D eigenvalue weighted by Gasteiger charge is 2.00. The predicted molar refractivity (Wildman–Crippen MR) is 56.4 cm³/mol. The minimum absolute atomic E-state index is 0.491. The molecule has 0 amide bonds. The van der Waals surface area contributed by atoms with Gasteiger partial charge in [0.2, 0.25) is 0 Å². The second-order valence-corrected chi connectivity index (χ2v) is 2.84. The molecule has 0 fully saturated rings. The maximum atomic E-state index is 8.45. The summed E-state index contributed by atoms with van der Waals surface area (Å²) in [5.74, 6) is 1.78. The fourth-order valence-corrected chi connectivity index (χ4v) is 1.06. The second-order valence-electron chi connectivity index (χ2n) is 2.84. The van der Waals surface area contributed by atoms with Gasteiger partial charge in [0.15, 0.2) is 6.19 Å². The molecule has 6 heteroatoms. The topological polar surface area (TPSA) is 82.9 Å². The summed E-state index contributed by atoms with van der Waals surface area (Å²) in [6.07, 6.45) is 1.81. The maximum Gasteiger partial charge on any atom is 0.182 e. The molecule has 0 aliphatic heterocycles. The molecular formula is C9H13N5O. The Labute approximate surface area is 88.3 Å². The number of nitrogens with one attached hydrogen (secondary N) is 2. The molecule has 0 unspecified atom stereocenters. The Kier molecular flexibility index (Phi) is 4.31. The van der Waals surface area contributed by atoms with Crippen LogP contribution >= 0.6 is 0 Å². The molecule has 0 saturated heterocycles. The van der Waals surface area contributed by atoms with Gasteiger partial charge in [-0.2, -0.15) is 5.26 Å². The number of nitriles is 1. The Morgan fingerprint density at radius 3 is 2.87 bits per heavy atom. The van der Waals surface area contributed by atoms with Crippen LogP contribution < -0.4 is 10.6 Å². The molecule has 1 aromatic rings. The van der Waals surface area contributed by atoms with Crippen LogP contribution in [0.1, 0.15) is 5.82 Å². The largest absolute Gasteiger partial charge is 0.383 e. The van der Waals surface area contributed by atoms with Gasteiger partial charge >= 0.3 is 0 Å². The van der Waals surface area contributed by atoms with Crippen LogP contribution in [0.15, 0.2) is 6.07 Å². The molecule has 2 N–H and O–H groups in total. The van der Waals surface area contributed by atoms with E-state index in [2.05, 4.69) is 20.6 Å². The number of anilines is 2. The van der Waals surface area contributed by atoms with Crippen LogP contribution in [0.3, 0.4) is 0 Å². The molecule has 0 aromatic carbocycles. The molecule has 80 valence electrons. The van der Waals surface area contributed by atoms with Crippen molar-refractivity contribution >= 4 is 11.6 Å². The van der Waals surface area contributed by atoms with Crippen LogP contribution in [0.25, 0.3) is 0 Å². The Balaban J connectivity index is 2.67. The standard InChI is InChI=1S/C9H13N5O/c1-7-13-8(11-3-4-15-2)5-9(14-7)12-6-10/h5H,3-4H2,1-2H3,(H2,11,12,13,14). The summed E-state index contributed by atoms with van der Waals surface area (Å²) in [7, 11) is 1.63. The van der Waals surface area contributed by atoms with Gasteiger partial charge in [-0.15, -0.1) is 0 Å². The molecule has 0 aliphatic rings. The van der Waals surface area contributed by atoms with Crippen molar-refractivity contribution in [1.29, 1.82) is 5.26 Å². The van der Waals surface area contributed by atoms with E-state index in [9.17, 15) is 0 Å². The van der Waals surface area contributed by atoms with E-state index in [0.717, 1.165) is 0 Å². The van der Waals surface area contributed by atoms with Gasteiger partial charge in [-0.1, -0.05) is 0 Å². The summed E-state index contributed by atoms with van der Waals surface area (Å²) >= 11 is 0. The molecule has 0 bridgehead atoms.